The number of aromatic nitrogens is 1. The van der Waals surface area contributed by atoms with Gasteiger partial charge in [-0.15, -0.1) is 0 Å². The van der Waals surface area contributed by atoms with Gasteiger partial charge in [-0.2, -0.15) is 7.05 Å². The smallest absolute Gasteiger partial charge is 0.0784 e. The maximum Gasteiger partial charge on any atom is 0.0784 e. The highest BCUT2D eigenvalue weighted by atomic mass is 15.3. The zero-order chi connectivity index (χ0) is 13.4. The molecular weight excluding hydrogens is 234 g/mol. The van der Waals surface area contributed by atoms with E-state index in [1.807, 2.05) is 6.92 Å². The van der Waals surface area contributed by atoms with Gasteiger partial charge in [0.2, 0.25) is 0 Å². The molecule has 2 aromatic rings. The van der Waals surface area contributed by atoms with E-state index < -0.39 is 0 Å². The first-order chi connectivity index (χ1) is 9.15. The summed E-state index contributed by atoms with van der Waals surface area (Å²) in [6.45, 7) is 7.53. The number of pyridine rings is 1. The highest BCUT2D eigenvalue weighted by molar-refractivity contribution is 5.92. The summed E-state index contributed by atoms with van der Waals surface area (Å²) in [6.07, 6.45) is 0. The van der Waals surface area contributed by atoms with Gasteiger partial charge in [0.25, 0.3) is 0 Å². The molecule has 0 radical (unpaired) electrons. The van der Waals surface area contributed by atoms with Gasteiger partial charge in [0, 0.05) is 16.8 Å². The molecule has 3 rings (SSSR count). The third-order valence-corrected chi connectivity index (χ3v) is 4.08. The molecule has 3 heteroatoms. The minimum absolute atomic E-state index is 0.572. The maximum atomic E-state index is 4.62. The van der Waals surface area contributed by atoms with Crippen molar-refractivity contribution in [1.29, 1.82) is 0 Å². The maximum absolute atomic E-state index is 4.62. The summed E-state index contributed by atoms with van der Waals surface area (Å²) >= 11 is 0. The molecule has 1 unspecified atom stereocenters. The lowest BCUT2D eigenvalue weighted by Gasteiger charge is -2.40. The number of aryl methyl sites for hydroxylation is 1. The number of nitrogens with zero attached hydrogens (tertiary/aromatic N) is 2. The molecule has 0 aliphatic carbocycles. The van der Waals surface area contributed by atoms with Crippen LogP contribution in [0.5, 0.6) is 0 Å². The van der Waals surface area contributed by atoms with Crippen LogP contribution in [-0.2, 0) is 0 Å². The number of quaternary nitrogens is 1. The first-order valence-electron chi connectivity index (χ1n) is 6.94. The van der Waals surface area contributed by atoms with E-state index in [0.717, 1.165) is 30.8 Å². The quantitative estimate of drug-likeness (QED) is 0.778. The predicted octanol–water partition coefficient (Wildman–Crippen LogP) is 1.43. The molecule has 1 aliphatic rings. The minimum atomic E-state index is 0.572. The molecule has 19 heavy (non-hydrogen) atoms. The summed E-state index contributed by atoms with van der Waals surface area (Å²) in [4.78, 5) is 8.47. The zero-order valence-electron chi connectivity index (χ0n) is 11.7. The van der Waals surface area contributed by atoms with E-state index >= 15 is 0 Å². The second-order valence-corrected chi connectivity index (χ2v) is 5.55. The Morgan fingerprint density at radius 1 is 1.32 bits per heavy atom. The molecule has 0 amide bonds. The fourth-order valence-electron chi connectivity index (χ4n) is 2.81. The summed E-state index contributed by atoms with van der Waals surface area (Å²) in [6, 6.07) is 11.3. The lowest BCUT2D eigenvalue weighted by molar-refractivity contribution is -0.879. The Kier molecular flexibility index (Phi) is 3.15. The average molecular weight is 255 g/mol. The van der Waals surface area contributed by atoms with Crippen molar-refractivity contribution in [3.05, 3.63) is 43.1 Å². The summed E-state index contributed by atoms with van der Waals surface area (Å²) in [5, 5.41) is 1.26. The molecule has 1 saturated heterocycles. The Hall–Kier alpha value is -1.61. The van der Waals surface area contributed by atoms with Crippen molar-refractivity contribution in [3.63, 3.8) is 0 Å². The van der Waals surface area contributed by atoms with Crippen LogP contribution in [0.2, 0.25) is 0 Å². The first-order valence-corrected chi connectivity index (χ1v) is 6.94. The lowest BCUT2D eigenvalue weighted by atomic mass is 10.1. The third-order valence-electron chi connectivity index (χ3n) is 4.08. The number of anilines is 1. The van der Waals surface area contributed by atoms with Crippen molar-refractivity contribution in [2.24, 2.45) is 0 Å². The molecule has 1 N–H and O–H groups in total. The van der Waals surface area contributed by atoms with E-state index in [1.54, 1.807) is 0 Å². The van der Waals surface area contributed by atoms with Gasteiger partial charge in [-0.3, -0.25) is 4.98 Å². The second-order valence-electron chi connectivity index (χ2n) is 5.55. The standard InChI is InChI=1S/C16H21N3/c1-12-7-8-14-15(17-12)5-4-6-16(14)19-10-9-18(3)13(2)11-19/h4-8,13,18H,3,9-11H2,1-2H3/t13-/m0/s1. The minimum Gasteiger partial charge on any atom is -0.463 e. The fraction of sp³-hybridized carbons (Fsp3) is 0.375. The number of rotatable bonds is 1. The Bertz CT molecular complexity index is 594. The molecule has 1 fully saturated rings. The monoisotopic (exact) mass is 255 g/mol. The molecule has 100 valence electrons. The normalized spacial score (nSPS) is 23.8. The van der Waals surface area contributed by atoms with E-state index in [-0.39, 0.29) is 0 Å². The topological polar surface area (TPSA) is 20.6 Å². The third kappa shape index (κ3) is 2.30. The van der Waals surface area contributed by atoms with Gasteiger partial charge >= 0.3 is 0 Å². The van der Waals surface area contributed by atoms with Crippen LogP contribution in [0.1, 0.15) is 12.6 Å². The molecule has 2 heterocycles. The lowest BCUT2D eigenvalue weighted by Crippen LogP contribution is -3.13. The number of hydrogen-bond acceptors (Lipinski definition) is 2. The van der Waals surface area contributed by atoms with Crippen molar-refractivity contribution < 1.29 is 4.90 Å². The van der Waals surface area contributed by atoms with Gasteiger partial charge in [-0.25, -0.2) is 0 Å². The highest BCUT2D eigenvalue weighted by Crippen LogP contribution is 2.26. The van der Waals surface area contributed by atoms with Gasteiger partial charge in [0.15, 0.2) is 0 Å². The zero-order valence-corrected chi connectivity index (χ0v) is 11.7. The van der Waals surface area contributed by atoms with Crippen molar-refractivity contribution in [1.82, 2.24) is 4.98 Å². The van der Waals surface area contributed by atoms with Crippen LogP contribution in [-0.4, -0.2) is 30.7 Å². The van der Waals surface area contributed by atoms with Crippen LogP contribution in [0.15, 0.2) is 30.3 Å². The average Bonchev–Trinajstić information content (AvgIpc) is 2.41. The van der Waals surface area contributed by atoms with Crippen molar-refractivity contribution in [2.75, 3.05) is 24.5 Å². The number of fused-ring (bicyclic) bond motifs is 1. The van der Waals surface area contributed by atoms with Crippen LogP contribution in [0.25, 0.3) is 10.9 Å². The van der Waals surface area contributed by atoms with Crippen molar-refractivity contribution in [2.45, 2.75) is 19.9 Å². The van der Waals surface area contributed by atoms with Crippen LogP contribution >= 0.6 is 0 Å². The van der Waals surface area contributed by atoms with E-state index in [1.165, 1.54) is 16.0 Å². The highest BCUT2D eigenvalue weighted by Gasteiger charge is 2.22. The molecule has 3 nitrogen and oxygen atoms in total. The van der Waals surface area contributed by atoms with Crippen LogP contribution in [0.4, 0.5) is 5.69 Å². The summed E-state index contributed by atoms with van der Waals surface area (Å²) in [5.41, 5.74) is 3.48. The van der Waals surface area contributed by atoms with Crippen LogP contribution in [0, 0.1) is 14.0 Å². The van der Waals surface area contributed by atoms with Crippen LogP contribution in [0.3, 0.4) is 0 Å². The van der Waals surface area contributed by atoms with E-state index in [9.17, 15) is 0 Å². The molecule has 0 bridgehead atoms. The Morgan fingerprint density at radius 2 is 2.16 bits per heavy atom. The fourth-order valence-corrected chi connectivity index (χ4v) is 2.81. The van der Waals surface area contributed by atoms with Gasteiger partial charge in [-0.1, -0.05) is 6.07 Å². The molecule has 2 atom stereocenters. The SMILES string of the molecule is [CH2-][NH+]1CCN(c2cccc3nc(C)ccc23)C[C@@H]1C. The molecule has 0 saturated carbocycles. The molecule has 1 aliphatic heterocycles. The number of hydrogen-bond donors (Lipinski definition) is 1. The molecule has 0 spiro atoms. The number of piperazine rings is 1. The predicted molar refractivity (Wildman–Crippen MR) is 79.3 cm³/mol. The summed E-state index contributed by atoms with van der Waals surface area (Å²) in [5.74, 6) is 0. The van der Waals surface area contributed by atoms with E-state index in [2.05, 4.69) is 54.2 Å². The Labute approximate surface area is 114 Å². The number of nitrogens with one attached hydrogen (secondary N) is 1. The van der Waals surface area contributed by atoms with Crippen molar-refractivity contribution in [3.8, 4) is 0 Å². The Balaban J connectivity index is 2.01. The second kappa shape index (κ2) is 4.82. The Morgan fingerprint density at radius 3 is 2.95 bits per heavy atom. The van der Waals surface area contributed by atoms with Gasteiger partial charge in [-0.05, 0) is 38.1 Å². The van der Waals surface area contributed by atoms with Gasteiger partial charge in [0.1, 0.15) is 0 Å². The first kappa shape index (κ1) is 12.4. The molecular formula is C16H21N3. The summed E-state index contributed by atoms with van der Waals surface area (Å²) < 4.78 is 0. The van der Waals surface area contributed by atoms with Crippen LogP contribution < -0.4 is 9.80 Å². The van der Waals surface area contributed by atoms with E-state index in [4.69, 9.17) is 0 Å². The number of benzene rings is 1. The molecule has 1 aromatic carbocycles. The van der Waals surface area contributed by atoms with Gasteiger partial charge < -0.3 is 9.80 Å². The molecule has 1 aromatic heterocycles. The largest absolute Gasteiger partial charge is 0.463 e. The van der Waals surface area contributed by atoms with E-state index in [0.29, 0.717) is 6.04 Å². The summed E-state index contributed by atoms with van der Waals surface area (Å²) in [7, 11) is 4.16. The van der Waals surface area contributed by atoms with Gasteiger partial charge in [0.05, 0.1) is 31.2 Å². The van der Waals surface area contributed by atoms with Crippen molar-refractivity contribution >= 4 is 16.6 Å².